The van der Waals surface area contributed by atoms with Crippen LogP contribution in [0, 0.1) is 0 Å². The summed E-state index contributed by atoms with van der Waals surface area (Å²) in [5, 5.41) is 18.7. The van der Waals surface area contributed by atoms with Crippen molar-refractivity contribution in [3.63, 3.8) is 0 Å². The molecule has 1 N–H and O–H groups in total. The smallest absolute Gasteiger partial charge is 0.242 e. The standard InChI is InChI=1S/C12H16N8O2/c1-9(21)13-4-12(22)18-7-11(8-18)19-5-10(16-17-19)6-20-14-2-3-15-20/h2-3,5,11H,4,6-8H2,1H3,(H,13,21). The molecule has 0 atom stereocenters. The molecule has 0 aliphatic carbocycles. The minimum absolute atomic E-state index is 0.0373. The molecule has 0 spiro atoms. The number of hydrogen-bond donors (Lipinski definition) is 1. The first-order chi connectivity index (χ1) is 10.6. The molecule has 1 aliphatic heterocycles. The van der Waals surface area contributed by atoms with Gasteiger partial charge in [-0.05, 0) is 0 Å². The molecule has 0 unspecified atom stereocenters. The van der Waals surface area contributed by atoms with Crippen molar-refractivity contribution < 1.29 is 9.59 Å². The number of carbonyl (C=O) groups excluding carboxylic acids is 2. The van der Waals surface area contributed by atoms with Gasteiger partial charge >= 0.3 is 0 Å². The highest BCUT2D eigenvalue weighted by molar-refractivity contribution is 5.84. The van der Waals surface area contributed by atoms with E-state index in [1.54, 1.807) is 22.0 Å². The highest BCUT2D eigenvalue weighted by Gasteiger charge is 2.32. The summed E-state index contributed by atoms with van der Waals surface area (Å²) in [7, 11) is 0. The Labute approximate surface area is 126 Å². The molecular formula is C12H16N8O2. The van der Waals surface area contributed by atoms with Crippen LogP contribution in [-0.2, 0) is 16.1 Å². The molecule has 10 nitrogen and oxygen atoms in total. The first kappa shape index (κ1) is 14.2. The van der Waals surface area contributed by atoms with Crippen LogP contribution in [0.4, 0.5) is 0 Å². The molecule has 10 heteroatoms. The molecule has 2 aromatic rings. The predicted molar refractivity (Wildman–Crippen MR) is 73.4 cm³/mol. The van der Waals surface area contributed by atoms with Gasteiger partial charge in [-0.15, -0.1) is 5.10 Å². The van der Waals surface area contributed by atoms with E-state index >= 15 is 0 Å². The largest absolute Gasteiger partial charge is 0.347 e. The summed E-state index contributed by atoms with van der Waals surface area (Å²) in [6.45, 7) is 3.03. The second-order valence-electron chi connectivity index (χ2n) is 5.11. The van der Waals surface area contributed by atoms with Gasteiger partial charge in [0.2, 0.25) is 11.8 Å². The van der Waals surface area contributed by atoms with Gasteiger partial charge in [0.05, 0.1) is 31.2 Å². The van der Waals surface area contributed by atoms with E-state index in [1.165, 1.54) is 11.7 Å². The maximum Gasteiger partial charge on any atom is 0.242 e. The zero-order chi connectivity index (χ0) is 15.5. The summed E-state index contributed by atoms with van der Waals surface area (Å²) in [4.78, 5) is 25.8. The quantitative estimate of drug-likeness (QED) is 0.715. The van der Waals surface area contributed by atoms with Crippen LogP contribution >= 0.6 is 0 Å². The van der Waals surface area contributed by atoms with Crippen molar-refractivity contribution in [3.8, 4) is 0 Å². The van der Waals surface area contributed by atoms with E-state index in [4.69, 9.17) is 0 Å². The lowest BCUT2D eigenvalue weighted by molar-refractivity contribution is -0.137. The first-order valence-electron chi connectivity index (χ1n) is 6.89. The third kappa shape index (κ3) is 3.10. The molecular weight excluding hydrogens is 288 g/mol. The third-order valence-electron chi connectivity index (χ3n) is 3.41. The van der Waals surface area contributed by atoms with Crippen molar-refractivity contribution >= 4 is 11.8 Å². The van der Waals surface area contributed by atoms with Crippen LogP contribution in [0.15, 0.2) is 18.6 Å². The lowest BCUT2D eigenvalue weighted by Crippen LogP contribution is -2.53. The van der Waals surface area contributed by atoms with E-state index in [0.717, 1.165) is 5.69 Å². The number of nitrogens with zero attached hydrogens (tertiary/aromatic N) is 7. The highest BCUT2D eigenvalue weighted by Crippen LogP contribution is 2.20. The van der Waals surface area contributed by atoms with E-state index in [9.17, 15) is 9.59 Å². The molecule has 116 valence electrons. The zero-order valence-corrected chi connectivity index (χ0v) is 12.1. The van der Waals surface area contributed by atoms with E-state index in [-0.39, 0.29) is 24.4 Å². The second-order valence-corrected chi connectivity index (χ2v) is 5.11. The Balaban J connectivity index is 1.49. The minimum atomic E-state index is -0.210. The molecule has 0 saturated carbocycles. The fraction of sp³-hybridized carbons (Fsp3) is 0.500. The summed E-state index contributed by atoms with van der Waals surface area (Å²) in [6.07, 6.45) is 5.05. The minimum Gasteiger partial charge on any atom is -0.347 e. The predicted octanol–water partition coefficient (Wildman–Crippen LogP) is -1.56. The molecule has 0 aromatic carbocycles. The summed E-state index contributed by atoms with van der Waals surface area (Å²) in [6, 6.07) is 0.119. The Bertz CT molecular complexity index is 658. The Morgan fingerprint density at radius 3 is 2.73 bits per heavy atom. The molecule has 1 fully saturated rings. The fourth-order valence-electron chi connectivity index (χ4n) is 2.17. The van der Waals surface area contributed by atoms with Gasteiger partial charge in [-0.2, -0.15) is 15.0 Å². The number of nitrogens with one attached hydrogen (secondary N) is 1. The van der Waals surface area contributed by atoms with Crippen LogP contribution in [0.25, 0.3) is 0 Å². The fourth-order valence-corrected chi connectivity index (χ4v) is 2.17. The first-order valence-corrected chi connectivity index (χ1v) is 6.89. The summed E-state index contributed by atoms with van der Waals surface area (Å²) in [5.74, 6) is -0.300. The summed E-state index contributed by atoms with van der Waals surface area (Å²) < 4.78 is 1.75. The number of carbonyl (C=O) groups is 2. The molecule has 0 radical (unpaired) electrons. The van der Waals surface area contributed by atoms with Crippen molar-refractivity contribution in [1.82, 2.24) is 40.2 Å². The average molecular weight is 304 g/mol. The Hall–Kier alpha value is -2.78. The van der Waals surface area contributed by atoms with Crippen molar-refractivity contribution in [2.75, 3.05) is 19.6 Å². The van der Waals surface area contributed by atoms with E-state index in [1.807, 2.05) is 6.20 Å². The summed E-state index contributed by atoms with van der Waals surface area (Å²) in [5.41, 5.74) is 0.763. The molecule has 1 aliphatic rings. The van der Waals surface area contributed by atoms with E-state index in [0.29, 0.717) is 19.6 Å². The van der Waals surface area contributed by atoms with Gasteiger partial charge in [-0.1, -0.05) is 5.21 Å². The lowest BCUT2D eigenvalue weighted by atomic mass is 10.1. The second kappa shape index (κ2) is 5.92. The average Bonchev–Trinajstić information content (AvgIpc) is 3.07. The molecule has 0 bridgehead atoms. The van der Waals surface area contributed by atoms with Crippen LogP contribution in [0.3, 0.4) is 0 Å². The van der Waals surface area contributed by atoms with E-state index in [2.05, 4.69) is 25.8 Å². The molecule has 1 saturated heterocycles. The Morgan fingerprint density at radius 2 is 2.05 bits per heavy atom. The Kier molecular flexibility index (Phi) is 3.81. The zero-order valence-electron chi connectivity index (χ0n) is 12.1. The van der Waals surface area contributed by atoms with Crippen molar-refractivity contribution in [2.24, 2.45) is 0 Å². The third-order valence-corrected chi connectivity index (χ3v) is 3.41. The van der Waals surface area contributed by atoms with Gasteiger partial charge in [-0.3, -0.25) is 9.59 Å². The van der Waals surface area contributed by atoms with Gasteiger partial charge < -0.3 is 10.2 Å². The molecule has 2 amide bonds. The molecule has 3 heterocycles. The van der Waals surface area contributed by atoms with Crippen LogP contribution in [0.1, 0.15) is 18.7 Å². The van der Waals surface area contributed by atoms with Gasteiger partial charge in [0, 0.05) is 20.0 Å². The topological polar surface area (TPSA) is 111 Å². The van der Waals surface area contributed by atoms with Crippen molar-refractivity contribution in [3.05, 3.63) is 24.3 Å². The lowest BCUT2D eigenvalue weighted by Gasteiger charge is -2.38. The SMILES string of the molecule is CC(=O)NCC(=O)N1CC(n2cc(Cn3nccn3)nn2)C1. The monoisotopic (exact) mass is 304 g/mol. The van der Waals surface area contributed by atoms with Crippen molar-refractivity contribution in [1.29, 1.82) is 0 Å². The maximum absolute atomic E-state index is 11.8. The normalized spacial score (nSPS) is 14.7. The molecule has 3 rings (SSSR count). The number of rotatable bonds is 5. The van der Waals surface area contributed by atoms with Crippen molar-refractivity contribution in [2.45, 2.75) is 19.5 Å². The summed E-state index contributed by atoms with van der Waals surface area (Å²) >= 11 is 0. The van der Waals surface area contributed by atoms with Gasteiger partial charge in [-0.25, -0.2) is 4.68 Å². The number of aromatic nitrogens is 6. The Morgan fingerprint density at radius 1 is 1.32 bits per heavy atom. The van der Waals surface area contributed by atoms with Crippen LogP contribution < -0.4 is 5.32 Å². The van der Waals surface area contributed by atoms with Gasteiger partial charge in [0.15, 0.2) is 0 Å². The maximum atomic E-state index is 11.8. The van der Waals surface area contributed by atoms with Crippen LogP contribution in [-0.4, -0.2) is 66.3 Å². The van der Waals surface area contributed by atoms with Gasteiger partial charge in [0.1, 0.15) is 12.2 Å². The number of hydrogen-bond acceptors (Lipinski definition) is 6. The van der Waals surface area contributed by atoms with E-state index < -0.39 is 0 Å². The number of amides is 2. The van der Waals surface area contributed by atoms with Gasteiger partial charge in [0.25, 0.3) is 0 Å². The number of likely N-dealkylation sites (tertiary alicyclic amines) is 1. The van der Waals surface area contributed by atoms with Crippen LogP contribution in [0.5, 0.6) is 0 Å². The molecule has 2 aromatic heterocycles. The highest BCUT2D eigenvalue weighted by atomic mass is 16.2. The van der Waals surface area contributed by atoms with Crippen LogP contribution in [0.2, 0.25) is 0 Å². The molecule has 22 heavy (non-hydrogen) atoms.